The Bertz CT molecular complexity index is 1400. The summed E-state index contributed by atoms with van der Waals surface area (Å²) < 4.78 is 22.1. The van der Waals surface area contributed by atoms with Crippen LogP contribution in [0.15, 0.2) is 76.8 Å². The van der Waals surface area contributed by atoms with Gasteiger partial charge in [-0.25, -0.2) is 4.79 Å². The zero-order chi connectivity index (χ0) is 33.2. The van der Waals surface area contributed by atoms with Crippen molar-refractivity contribution in [2.45, 2.75) is 46.6 Å². The van der Waals surface area contributed by atoms with E-state index in [1.165, 1.54) is 18.8 Å². The highest BCUT2D eigenvalue weighted by Crippen LogP contribution is 2.26. The van der Waals surface area contributed by atoms with Gasteiger partial charge in [0.15, 0.2) is 18.3 Å². The molecule has 45 heavy (non-hydrogen) atoms. The predicted molar refractivity (Wildman–Crippen MR) is 175 cm³/mol. The van der Waals surface area contributed by atoms with E-state index in [4.69, 9.17) is 30.4 Å². The van der Waals surface area contributed by atoms with Crippen LogP contribution >= 0.6 is 0 Å². The minimum Gasteiger partial charge on any atom is -0.490 e. The molecule has 0 aliphatic carbocycles. The van der Waals surface area contributed by atoms with Crippen LogP contribution in [-0.2, 0) is 14.3 Å². The first-order valence-electron chi connectivity index (χ1n) is 14.5. The van der Waals surface area contributed by atoms with Crippen molar-refractivity contribution >= 4 is 29.7 Å². The van der Waals surface area contributed by atoms with Crippen LogP contribution in [0.2, 0.25) is 0 Å². The molecule has 0 saturated heterocycles. The maximum Gasteiger partial charge on any atom is 0.328 e. The number of esters is 1. The van der Waals surface area contributed by atoms with Gasteiger partial charge in [0, 0.05) is 12.6 Å². The third-order valence-electron chi connectivity index (χ3n) is 6.13. The van der Waals surface area contributed by atoms with Gasteiger partial charge in [-0.1, -0.05) is 29.4 Å². The van der Waals surface area contributed by atoms with Gasteiger partial charge in [0.2, 0.25) is 0 Å². The molecule has 0 radical (unpaired) electrons. The number of rotatable bonds is 18. The Balaban J connectivity index is 2.16. The first-order chi connectivity index (χ1) is 21.5. The molecular formula is C34H44N4O7. The number of methoxy groups -OCH3 is 1. The van der Waals surface area contributed by atoms with Crippen LogP contribution in [0.4, 0.5) is 0 Å². The maximum atomic E-state index is 13.2. The van der Waals surface area contributed by atoms with Crippen molar-refractivity contribution in [2.75, 3.05) is 33.5 Å². The number of carbonyl (C=O) groups excluding carboxylic acids is 3. The Kier molecular flexibility index (Phi) is 15.5. The van der Waals surface area contributed by atoms with E-state index >= 15 is 0 Å². The molecule has 0 aliphatic heterocycles. The van der Waals surface area contributed by atoms with Gasteiger partial charge in [0.05, 0.1) is 12.7 Å². The average Bonchev–Trinajstić information content (AvgIpc) is 3.00. The van der Waals surface area contributed by atoms with Gasteiger partial charge in [-0.2, -0.15) is 0 Å². The molecule has 11 nitrogen and oxygen atoms in total. The second-order valence-electron chi connectivity index (χ2n) is 10.5. The zero-order valence-electron chi connectivity index (χ0n) is 26.6. The van der Waals surface area contributed by atoms with E-state index < -0.39 is 24.5 Å². The lowest BCUT2D eigenvalue weighted by Gasteiger charge is -2.17. The highest BCUT2D eigenvalue weighted by Gasteiger charge is 2.22. The highest BCUT2D eigenvalue weighted by molar-refractivity contribution is 6.08. The number of nitrogens with one attached hydrogen (secondary N) is 1. The first kappa shape index (κ1) is 36.1. The standard InChI is InChI=1S/C34H44N4O7/c1-23(2)16-19-43-26-11-8-25(9-12-26)10-15-30(39)28-14-13-27(44-20-17-24(3)4)21-31(28)45-22-32(40)38-29(33(41)42-5)7-6-18-37-34(35)36/h8-17,21,29H,6-7,18-20,22H2,1-5H3,(H,38,40)(H4,35,36,37)/b15-10+/t29-/m0/s1. The lowest BCUT2D eigenvalue weighted by atomic mass is 10.1. The smallest absolute Gasteiger partial charge is 0.328 e. The molecule has 11 heteroatoms. The van der Waals surface area contributed by atoms with Crippen LogP contribution in [-0.4, -0.2) is 63.1 Å². The van der Waals surface area contributed by atoms with Crippen LogP contribution in [0.5, 0.6) is 17.2 Å². The van der Waals surface area contributed by atoms with Crippen molar-refractivity contribution in [1.82, 2.24) is 5.32 Å². The highest BCUT2D eigenvalue weighted by atomic mass is 16.5. The molecule has 5 N–H and O–H groups in total. The fourth-order valence-corrected chi connectivity index (χ4v) is 3.74. The number of amides is 1. The lowest BCUT2D eigenvalue weighted by Crippen LogP contribution is -2.43. The van der Waals surface area contributed by atoms with E-state index in [2.05, 4.69) is 10.3 Å². The number of ether oxygens (including phenoxy) is 4. The molecule has 0 bridgehead atoms. The summed E-state index contributed by atoms with van der Waals surface area (Å²) in [5.74, 6) is -0.263. The van der Waals surface area contributed by atoms with E-state index in [1.807, 2.05) is 64.1 Å². The second-order valence-corrected chi connectivity index (χ2v) is 10.5. The van der Waals surface area contributed by atoms with Crippen molar-refractivity contribution < 1.29 is 33.3 Å². The number of guanidine groups is 1. The SMILES string of the molecule is COC(=O)[C@H](CCCN=C(N)N)NC(=O)COc1cc(OCC=C(C)C)ccc1C(=O)/C=C/c1ccc(OCC=C(C)C)cc1. The summed E-state index contributed by atoms with van der Waals surface area (Å²) >= 11 is 0. The van der Waals surface area contributed by atoms with Crippen LogP contribution in [0.1, 0.15) is 56.5 Å². The number of aliphatic imine (C=N–C) groups is 1. The van der Waals surface area contributed by atoms with E-state index in [1.54, 1.807) is 24.3 Å². The molecule has 0 unspecified atom stereocenters. The third-order valence-corrected chi connectivity index (χ3v) is 6.13. The molecule has 0 saturated carbocycles. The summed E-state index contributed by atoms with van der Waals surface area (Å²) in [5, 5.41) is 2.60. The monoisotopic (exact) mass is 620 g/mol. The largest absolute Gasteiger partial charge is 0.490 e. The Labute approximate surface area is 265 Å². The number of allylic oxidation sites excluding steroid dienone is 3. The van der Waals surface area contributed by atoms with Crippen molar-refractivity contribution in [3.63, 3.8) is 0 Å². The molecule has 0 aliphatic rings. The zero-order valence-corrected chi connectivity index (χ0v) is 26.6. The molecule has 242 valence electrons. The fourth-order valence-electron chi connectivity index (χ4n) is 3.74. The molecule has 0 fully saturated rings. The van der Waals surface area contributed by atoms with E-state index in [-0.39, 0.29) is 36.0 Å². The van der Waals surface area contributed by atoms with Crippen LogP contribution < -0.4 is 31.0 Å². The minimum atomic E-state index is -0.924. The molecule has 0 spiro atoms. The van der Waals surface area contributed by atoms with E-state index in [9.17, 15) is 14.4 Å². The number of benzene rings is 2. The first-order valence-corrected chi connectivity index (χ1v) is 14.5. The Morgan fingerprint density at radius 1 is 0.889 bits per heavy atom. The summed E-state index contributed by atoms with van der Waals surface area (Å²) in [6.45, 7) is 8.55. The van der Waals surface area contributed by atoms with Crippen molar-refractivity contribution in [3.8, 4) is 17.2 Å². The summed E-state index contributed by atoms with van der Waals surface area (Å²) in [5.41, 5.74) is 14.0. The summed E-state index contributed by atoms with van der Waals surface area (Å²) in [7, 11) is 1.23. The molecule has 2 aromatic carbocycles. The van der Waals surface area contributed by atoms with Gasteiger partial charge in [-0.05, 0) is 88.6 Å². The molecule has 2 rings (SSSR count). The van der Waals surface area contributed by atoms with Gasteiger partial charge in [0.25, 0.3) is 5.91 Å². The van der Waals surface area contributed by atoms with Crippen LogP contribution in [0.25, 0.3) is 6.08 Å². The topological polar surface area (TPSA) is 165 Å². The molecule has 2 aromatic rings. The number of nitrogens with zero attached hydrogens (tertiary/aromatic N) is 1. The Morgan fingerprint density at radius 2 is 1.51 bits per heavy atom. The molecule has 0 heterocycles. The van der Waals surface area contributed by atoms with Gasteiger partial charge < -0.3 is 35.7 Å². The van der Waals surface area contributed by atoms with Crippen LogP contribution in [0.3, 0.4) is 0 Å². The summed E-state index contributed by atoms with van der Waals surface area (Å²) in [6.07, 6.45) is 7.69. The Hall–Kier alpha value is -5.06. The van der Waals surface area contributed by atoms with Crippen molar-refractivity contribution in [3.05, 3.63) is 83.0 Å². The predicted octanol–water partition coefficient (Wildman–Crippen LogP) is 4.36. The quantitative estimate of drug-likeness (QED) is 0.0418. The average molecular weight is 621 g/mol. The fraction of sp³-hybridized carbons (Fsp3) is 0.353. The normalized spacial score (nSPS) is 11.1. The molecule has 1 atom stereocenters. The maximum absolute atomic E-state index is 13.2. The Morgan fingerprint density at radius 3 is 2.11 bits per heavy atom. The van der Waals surface area contributed by atoms with E-state index in [0.717, 1.165) is 16.9 Å². The summed E-state index contributed by atoms with van der Waals surface area (Å²) in [4.78, 5) is 42.1. The number of ketones is 1. The number of carbonyl (C=O) groups is 3. The molecule has 0 aromatic heterocycles. The number of nitrogens with two attached hydrogens (primary N) is 2. The van der Waals surface area contributed by atoms with Gasteiger partial charge >= 0.3 is 5.97 Å². The number of hydrogen-bond donors (Lipinski definition) is 3. The lowest BCUT2D eigenvalue weighted by molar-refractivity contribution is -0.145. The van der Waals surface area contributed by atoms with Crippen LogP contribution in [0, 0.1) is 0 Å². The van der Waals surface area contributed by atoms with Gasteiger partial charge in [0.1, 0.15) is 36.5 Å². The van der Waals surface area contributed by atoms with Crippen molar-refractivity contribution in [1.29, 1.82) is 0 Å². The van der Waals surface area contributed by atoms with Gasteiger partial charge in [-0.3, -0.25) is 14.6 Å². The van der Waals surface area contributed by atoms with Crippen molar-refractivity contribution in [2.24, 2.45) is 16.5 Å². The van der Waals surface area contributed by atoms with E-state index in [0.29, 0.717) is 25.4 Å². The minimum absolute atomic E-state index is 0.0625. The molecular weight excluding hydrogens is 576 g/mol. The number of hydrogen-bond acceptors (Lipinski definition) is 8. The molecule has 1 amide bonds. The third kappa shape index (κ3) is 14.3. The van der Waals surface area contributed by atoms with Gasteiger partial charge in [-0.15, -0.1) is 0 Å². The summed E-state index contributed by atoms with van der Waals surface area (Å²) in [6, 6.07) is 11.2. The second kappa shape index (κ2) is 19.3.